The van der Waals surface area contributed by atoms with E-state index in [1.54, 1.807) is 6.07 Å². The highest BCUT2D eigenvalue weighted by Crippen LogP contribution is 2.38. The van der Waals surface area contributed by atoms with Crippen LogP contribution in [0.3, 0.4) is 0 Å². The Hall–Kier alpha value is -0.240. The van der Waals surface area contributed by atoms with Gasteiger partial charge in [-0.3, -0.25) is 4.79 Å². The molecule has 0 N–H and O–H groups in total. The second-order valence-corrected chi connectivity index (χ2v) is 4.45. The van der Waals surface area contributed by atoms with Gasteiger partial charge in [-0.15, -0.1) is 0 Å². The third-order valence-corrected chi connectivity index (χ3v) is 3.70. The monoisotopic (exact) mass is 248 g/mol. The molecule has 2 rings (SSSR count). The van der Waals surface area contributed by atoms with Crippen molar-refractivity contribution in [2.75, 3.05) is 0 Å². The van der Waals surface area contributed by atoms with Crippen molar-refractivity contribution < 1.29 is 4.79 Å². The summed E-state index contributed by atoms with van der Waals surface area (Å²) < 4.78 is 0. The quantitative estimate of drug-likeness (QED) is 0.631. The normalized spacial score (nSPS) is 15.5. The summed E-state index contributed by atoms with van der Waals surface area (Å²) in [4.78, 5) is 11.5. The number of halogens is 3. The number of hydrogen-bond donors (Lipinski definition) is 0. The number of benzene rings is 1. The first-order chi connectivity index (χ1) is 6.61. The number of fused-ring (bicyclic) bond motifs is 1. The van der Waals surface area contributed by atoms with Crippen LogP contribution in [0.2, 0.25) is 15.1 Å². The number of carbonyl (C=O) groups is 1. The van der Waals surface area contributed by atoms with Gasteiger partial charge in [-0.2, -0.15) is 0 Å². The van der Waals surface area contributed by atoms with E-state index in [-0.39, 0.29) is 5.78 Å². The van der Waals surface area contributed by atoms with Gasteiger partial charge in [-0.1, -0.05) is 34.8 Å². The van der Waals surface area contributed by atoms with Gasteiger partial charge in [0.05, 0.1) is 15.1 Å². The summed E-state index contributed by atoms with van der Waals surface area (Å²) >= 11 is 17.7. The van der Waals surface area contributed by atoms with E-state index in [4.69, 9.17) is 34.8 Å². The number of Topliss-reactive ketones (excluding diaryl/α,β-unsaturated/α-hetero) is 1. The van der Waals surface area contributed by atoms with E-state index in [2.05, 4.69) is 0 Å². The average Bonchev–Trinajstić information content (AvgIpc) is 2.17. The van der Waals surface area contributed by atoms with Crippen LogP contribution in [-0.4, -0.2) is 5.78 Å². The zero-order valence-electron chi connectivity index (χ0n) is 7.24. The Morgan fingerprint density at radius 3 is 2.50 bits per heavy atom. The van der Waals surface area contributed by atoms with Crippen molar-refractivity contribution in [2.24, 2.45) is 0 Å². The first-order valence-electron chi connectivity index (χ1n) is 4.31. The maximum Gasteiger partial charge on any atom is 0.163 e. The molecule has 0 saturated carbocycles. The molecule has 1 aliphatic carbocycles. The zero-order valence-corrected chi connectivity index (χ0v) is 9.51. The smallest absolute Gasteiger partial charge is 0.163 e. The zero-order chi connectivity index (χ0) is 10.3. The van der Waals surface area contributed by atoms with Crippen LogP contribution in [-0.2, 0) is 6.42 Å². The molecule has 0 aliphatic heterocycles. The lowest BCUT2D eigenvalue weighted by Gasteiger charge is -2.17. The lowest BCUT2D eigenvalue weighted by atomic mass is 9.91. The minimum absolute atomic E-state index is 0.103. The summed E-state index contributed by atoms with van der Waals surface area (Å²) in [5, 5.41) is 1.13. The van der Waals surface area contributed by atoms with Gasteiger partial charge >= 0.3 is 0 Å². The average molecular weight is 250 g/mol. The minimum atomic E-state index is 0.103. The lowest BCUT2D eigenvalue weighted by molar-refractivity contribution is 0.0972. The maximum atomic E-state index is 11.5. The molecule has 0 radical (unpaired) electrons. The molecule has 1 aromatic carbocycles. The minimum Gasteiger partial charge on any atom is -0.294 e. The van der Waals surface area contributed by atoms with E-state index < -0.39 is 0 Å². The van der Waals surface area contributed by atoms with E-state index in [0.29, 0.717) is 27.1 Å². The molecule has 0 amide bonds. The maximum absolute atomic E-state index is 11.5. The van der Waals surface area contributed by atoms with Crippen molar-refractivity contribution in [3.05, 3.63) is 32.3 Å². The fraction of sp³-hybridized carbons (Fsp3) is 0.300. The van der Waals surface area contributed by atoms with Crippen molar-refractivity contribution in [2.45, 2.75) is 19.3 Å². The van der Waals surface area contributed by atoms with Gasteiger partial charge in [0, 0.05) is 12.0 Å². The van der Waals surface area contributed by atoms with Crippen molar-refractivity contribution in [1.82, 2.24) is 0 Å². The summed E-state index contributed by atoms with van der Waals surface area (Å²) in [7, 11) is 0. The third kappa shape index (κ3) is 1.54. The van der Waals surface area contributed by atoms with Crippen LogP contribution in [0.4, 0.5) is 0 Å². The molecule has 0 aromatic heterocycles. The van der Waals surface area contributed by atoms with Gasteiger partial charge < -0.3 is 0 Å². The summed E-state index contributed by atoms with van der Waals surface area (Å²) in [6.07, 6.45) is 2.21. The molecule has 0 spiro atoms. The molecule has 0 bridgehead atoms. The predicted octanol–water partition coefficient (Wildman–Crippen LogP) is 4.17. The Morgan fingerprint density at radius 1 is 1.07 bits per heavy atom. The molecule has 1 aliphatic rings. The highest BCUT2D eigenvalue weighted by molar-refractivity contribution is 6.48. The largest absolute Gasteiger partial charge is 0.294 e. The van der Waals surface area contributed by atoms with Gasteiger partial charge in [0.2, 0.25) is 0 Å². The van der Waals surface area contributed by atoms with Crippen LogP contribution in [0, 0.1) is 0 Å². The molecule has 4 heteroatoms. The molecule has 0 atom stereocenters. The fourth-order valence-corrected chi connectivity index (χ4v) is 2.41. The van der Waals surface area contributed by atoms with Crippen molar-refractivity contribution >= 4 is 40.6 Å². The van der Waals surface area contributed by atoms with Gasteiger partial charge in [0.25, 0.3) is 0 Å². The topological polar surface area (TPSA) is 17.1 Å². The van der Waals surface area contributed by atoms with E-state index in [1.807, 2.05) is 0 Å². The van der Waals surface area contributed by atoms with Crippen LogP contribution in [0.1, 0.15) is 28.8 Å². The summed E-state index contributed by atoms with van der Waals surface area (Å²) in [6.45, 7) is 0. The molecule has 0 heterocycles. The Balaban J connectivity index is 2.69. The molecule has 1 nitrogen and oxygen atoms in total. The number of ketones is 1. The standard InChI is InChI=1S/C10H7Cl3O/c11-7-4-6-5(9(12)10(7)13)2-1-3-8(6)14/h4H,1-3H2. The Bertz CT molecular complexity index is 412. The second kappa shape index (κ2) is 3.73. The molecule has 0 unspecified atom stereocenters. The molecule has 0 saturated heterocycles. The molecule has 1 aromatic rings. The molecule has 14 heavy (non-hydrogen) atoms. The van der Waals surface area contributed by atoms with E-state index >= 15 is 0 Å². The first-order valence-corrected chi connectivity index (χ1v) is 5.44. The van der Waals surface area contributed by atoms with Gasteiger partial charge in [0.1, 0.15) is 0 Å². The third-order valence-electron chi connectivity index (χ3n) is 2.39. The van der Waals surface area contributed by atoms with Crippen molar-refractivity contribution in [3.8, 4) is 0 Å². The summed E-state index contributed by atoms with van der Waals surface area (Å²) in [5.74, 6) is 0.103. The predicted molar refractivity (Wildman–Crippen MR) is 58.7 cm³/mol. The van der Waals surface area contributed by atoms with E-state index in [9.17, 15) is 4.79 Å². The van der Waals surface area contributed by atoms with Crippen LogP contribution in [0.5, 0.6) is 0 Å². The molecular weight excluding hydrogens is 242 g/mol. The fourth-order valence-electron chi connectivity index (χ4n) is 1.69. The highest BCUT2D eigenvalue weighted by Gasteiger charge is 2.22. The summed E-state index contributed by atoms with van der Waals surface area (Å²) in [6, 6.07) is 1.62. The van der Waals surface area contributed by atoms with Gasteiger partial charge in [-0.05, 0) is 24.5 Å². The van der Waals surface area contributed by atoms with Crippen LogP contribution in [0.15, 0.2) is 6.07 Å². The van der Waals surface area contributed by atoms with Crippen molar-refractivity contribution in [1.29, 1.82) is 0 Å². The Kier molecular flexibility index (Phi) is 2.74. The Morgan fingerprint density at radius 2 is 1.79 bits per heavy atom. The molecule has 74 valence electrons. The van der Waals surface area contributed by atoms with Crippen molar-refractivity contribution in [3.63, 3.8) is 0 Å². The van der Waals surface area contributed by atoms with Gasteiger partial charge in [-0.25, -0.2) is 0 Å². The Labute approximate surface area is 97.0 Å². The SMILES string of the molecule is O=C1CCCc2c1cc(Cl)c(Cl)c2Cl. The van der Waals surface area contributed by atoms with Crippen LogP contribution in [0.25, 0.3) is 0 Å². The molecular formula is C10H7Cl3O. The van der Waals surface area contributed by atoms with Crippen LogP contribution < -0.4 is 0 Å². The first kappa shape index (κ1) is 10.3. The number of hydrogen-bond acceptors (Lipinski definition) is 1. The number of rotatable bonds is 0. The highest BCUT2D eigenvalue weighted by atomic mass is 35.5. The van der Waals surface area contributed by atoms with E-state index in [0.717, 1.165) is 18.4 Å². The molecule has 0 fully saturated rings. The lowest BCUT2D eigenvalue weighted by Crippen LogP contribution is -2.11. The number of carbonyl (C=O) groups excluding carboxylic acids is 1. The van der Waals surface area contributed by atoms with Crippen LogP contribution >= 0.6 is 34.8 Å². The summed E-state index contributed by atoms with van der Waals surface area (Å²) in [5.41, 5.74) is 1.48. The second-order valence-electron chi connectivity index (χ2n) is 3.29. The van der Waals surface area contributed by atoms with E-state index in [1.165, 1.54) is 0 Å². The van der Waals surface area contributed by atoms with Gasteiger partial charge in [0.15, 0.2) is 5.78 Å².